The molecule has 0 atom stereocenters. The van der Waals surface area contributed by atoms with E-state index >= 15 is 0 Å². The van der Waals surface area contributed by atoms with Crippen molar-refractivity contribution >= 4 is 28.7 Å². The summed E-state index contributed by atoms with van der Waals surface area (Å²) in [5, 5.41) is 2.84. The molecule has 3 aliphatic carbocycles. The number of fused-ring (bicyclic) bond motifs is 2. The fourth-order valence-corrected chi connectivity index (χ4v) is 8.63. The molecule has 0 aromatic heterocycles. The van der Waals surface area contributed by atoms with Crippen molar-refractivity contribution in [2.75, 3.05) is 5.32 Å². The molecule has 7 rings (SSSR count). The van der Waals surface area contributed by atoms with Crippen LogP contribution in [-0.4, -0.2) is 16.9 Å². The molecule has 54 heavy (non-hydrogen) atoms. The van der Waals surface area contributed by atoms with Crippen molar-refractivity contribution in [3.63, 3.8) is 0 Å². The maximum absolute atomic E-state index is 13.2. The van der Waals surface area contributed by atoms with Gasteiger partial charge in [-0.25, -0.2) is 4.98 Å². The minimum absolute atomic E-state index is 0.0188. The SMILES string of the molecule is CCCCCC1CCC(c2ccc(OC(=O)C3CCC(c4ccc5nc6cc(C(=O)Nc7ccc(CC(C)C)cc7)c(=O)cc-6oc5c4)CC3)cc2)CC1. The predicted molar refractivity (Wildman–Crippen MR) is 215 cm³/mol. The minimum Gasteiger partial charge on any atom is -0.453 e. The Morgan fingerprint density at radius 3 is 2.20 bits per heavy atom. The summed E-state index contributed by atoms with van der Waals surface area (Å²) in [5.74, 6) is 2.57. The van der Waals surface area contributed by atoms with E-state index in [2.05, 4.69) is 44.3 Å². The highest BCUT2D eigenvalue weighted by Gasteiger charge is 2.29. The zero-order valence-electron chi connectivity index (χ0n) is 32.1. The summed E-state index contributed by atoms with van der Waals surface area (Å²) in [6, 6.07) is 24.8. The lowest BCUT2D eigenvalue weighted by atomic mass is 9.77. The number of esters is 1. The van der Waals surface area contributed by atoms with E-state index in [0.717, 1.165) is 43.6 Å². The summed E-state index contributed by atoms with van der Waals surface area (Å²) < 4.78 is 12.1. The Kier molecular flexibility index (Phi) is 11.9. The molecule has 4 aliphatic rings. The van der Waals surface area contributed by atoms with Crippen LogP contribution in [0.25, 0.3) is 22.6 Å². The van der Waals surface area contributed by atoms with Crippen molar-refractivity contribution < 1.29 is 18.7 Å². The molecule has 282 valence electrons. The van der Waals surface area contributed by atoms with Crippen LogP contribution in [0.5, 0.6) is 5.75 Å². The van der Waals surface area contributed by atoms with Crippen molar-refractivity contribution in [2.45, 2.75) is 116 Å². The summed E-state index contributed by atoms with van der Waals surface area (Å²) in [4.78, 5) is 44.0. The Bertz CT molecular complexity index is 2070. The van der Waals surface area contributed by atoms with Crippen molar-refractivity contribution in [3.8, 4) is 17.2 Å². The highest BCUT2D eigenvalue weighted by molar-refractivity contribution is 6.05. The zero-order chi connectivity index (χ0) is 37.6. The number of nitrogens with one attached hydrogen (secondary N) is 1. The van der Waals surface area contributed by atoms with Crippen LogP contribution in [0, 0.1) is 17.8 Å². The first-order valence-corrected chi connectivity index (χ1v) is 20.3. The summed E-state index contributed by atoms with van der Waals surface area (Å²) in [6.45, 7) is 6.61. The molecule has 0 bridgehead atoms. The van der Waals surface area contributed by atoms with Crippen molar-refractivity contribution in [2.24, 2.45) is 17.8 Å². The number of carbonyl (C=O) groups is 2. The minimum atomic E-state index is -0.478. The Morgan fingerprint density at radius 1 is 0.815 bits per heavy atom. The molecular formula is C47H54N2O5. The second-order valence-electron chi connectivity index (χ2n) is 16.3. The molecule has 7 nitrogen and oxygen atoms in total. The van der Waals surface area contributed by atoms with Gasteiger partial charge in [0, 0.05) is 11.8 Å². The maximum Gasteiger partial charge on any atom is 0.314 e. The van der Waals surface area contributed by atoms with E-state index < -0.39 is 11.3 Å². The number of unbranched alkanes of at least 4 members (excludes halogenated alkanes) is 2. The zero-order valence-corrected chi connectivity index (χ0v) is 32.1. The van der Waals surface area contributed by atoms with Crippen molar-refractivity contribution in [1.82, 2.24) is 4.98 Å². The lowest BCUT2D eigenvalue weighted by Gasteiger charge is -2.29. The summed E-state index contributed by atoms with van der Waals surface area (Å²) in [6.07, 6.45) is 14.8. The van der Waals surface area contributed by atoms with Crippen LogP contribution in [0.4, 0.5) is 5.69 Å². The first kappa shape index (κ1) is 37.5. The third kappa shape index (κ3) is 9.11. The van der Waals surface area contributed by atoms with E-state index in [-0.39, 0.29) is 23.4 Å². The fraction of sp³-hybridized carbons (Fsp3) is 0.447. The van der Waals surface area contributed by atoms with Crippen LogP contribution in [0.15, 0.2) is 88.1 Å². The first-order chi connectivity index (χ1) is 26.2. The van der Waals surface area contributed by atoms with Gasteiger partial charge in [0.1, 0.15) is 17.0 Å². The average Bonchev–Trinajstić information content (AvgIpc) is 3.18. The van der Waals surface area contributed by atoms with Gasteiger partial charge in [0.2, 0.25) is 0 Å². The lowest BCUT2D eigenvalue weighted by Crippen LogP contribution is -2.25. The molecular weight excluding hydrogens is 673 g/mol. The summed E-state index contributed by atoms with van der Waals surface area (Å²) >= 11 is 0. The number of hydrogen-bond donors (Lipinski definition) is 1. The molecule has 1 aliphatic heterocycles. The van der Waals surface area contributed by atoms with Crippen LogP contribution < -0.4 is 15.5 Å². The molecule has 1 N–H and O–H groups in total. The van der Waals surface area contributed by atoms with Crippen LogP contribution >= 0.6 is 0 Å². The van der Waals surface area contributed by atoms with E-state index in [4.69, 9.17) is 14.1 Å². The van der Waals surface area contributed by atoms with Gasteiger partial charge in [0.05, 0.1) is 11.5 Å². The second kappa shape index (κ2) is 17.1. The normalized spacial score (nSPS) is 20.3. The van der Waals surface area contributed by atoms with Gasteiger partial charge in [-0.3, -0.25) is 14.4 Å². The number of carbonyl (C=O) groups excluding carboxylic acids is 2. The molecule has 0 saturated heterocycles. The van der Waals surface area contributed by atoms with E-state index in [0.29, 0.717) is 45.8 Å². The molecule has 1 amide bonds. The Balaban J connectivity index is 0.928. The van der Waals surface area contributed by atoms with Crippen LogP contribution in [0.2, 0.25) is 0 Å². The average molecular weight is 727 g/mol. The van der Waals surface area contributed by atoms with E-state index in [1.54, 1.807) is 0 Å². The topological polar surface area (TPSA) is 98.5 Å². The Labute approximate surface area is 319 Å². The number of aromatic nitrogens is 1. The van der Waals surface area contributed by atoms with E-state index in [1.165, 1.54) is 74.6 Å². The van der Waals surface area contributed by atoms with Gasteiger partial charge in [-0.1, -0.05) is 76.8 Å². The Hall–Kier alpha value is -4.78. The van der Waals surface area contributed by atoms with Gasteiger partial charge >= 0.3 is 5.97 Å². The number of ether oxygens (including phenoxy) is 1. The smallest absolute Gasteiger partial charge is 0.314 e. The van der Waals surface area contributed by atoms with E-state index in [9.17, 15) is 14.4 Å². The number of benzene rings is 4. The standard InChI is InChI=1S/C47H54N2O5/c1-4-5-6-7-31-8-12-33(13-9-31)34-18-23-39(24-19-34)53-47(52)36-16-14-35(15-17-36)37-20-25-41-44(27-37)54-45-29-43(50)40(28-42(45)49-41)46(51)48-38-21-10-32(11-22-38)26-30(2)3/h10-11,18-25,27-31,33,35-36H,4-9,12-17,26H2,1-3H3,(H,48,51). The van der Waals surface area contributed by atoms with Gasteiger partial charge in [-0.2, -0.15) is 0 Å². The van der Waals surface area contributed by atoms with Crippen LogP contribution in [0.1, 0.15) is 137 Å². The van der Waals surface area contributed by atoms with Crippen LogP contribution in [-0.2, 0) is 11.2 Å². The number of rotatable bonds is 12. The largest absolute Gasteiger partial charge is 0.453 e. The fourth-order valence-electron chi connectivity index (χ4n) is 8.63. The van der Waals surface area contributed by atoms with Gasteiger partial charge in [0.15, 0.2) is 16.8 Å². The van der Waals surface area contributed by atoms with Crippen molar-refractivity contribution in [3.05, 3.63) is 111 Å². The molecule has 0 radical (unpaired) electrons. The molecule has 2 saturated carbocycles. The quantitative estimate of drug-likeness (QED) is 0.0595. The highest BCUT2D eigenvalue weighted by atomic mass is 16.5. The predicted octanol–water partition coefficient (Wildman–Crippen LogP) is 11.5. The number of hydrogen-bond acceptors (Lipinski definition) is 6. The third-order valence-corrected chi connectivity index (χ3v) is 11.8. The first-order valence-electron chi connectivity index (χ1n) is 20.3. The molecule has 0 unspecified atom stereocenters. The number of nitrogens with zero attached hydrogens (tertiary/aromatic N) is 1. The molecule has 1 heterocycles. The number of anilines is 1. The van der Waals surface area contributed by atoms with Gasteiger partial charge in [-0.05, 0) is 141 Å². The summed E-state index contributed by atoms with van der Waals surface area (Å²) in [5.41, 5.74) is 5.60. The summed E-state index contributed by atoms with van der Waals surface area (Å²) in [7, 11) is 0. The lowest BCUT2D eigenvalue weighted by molar-refractivity contribution is -0.140. The van der Waals surface area contributed by atoms with Gasteiger partial charge in [0.25, 0.3) is 5.91 Å². The number of amides is 1. The molecule has 3 aromatic rings. The Morgan fingerprint density at radius 2 is 1.50 bits per heavy atom. The van der Waals surface area contributed by atoms with Crippen molar-refractivity contribution in [1.29, 1.82) is 0 Å². The molecule has 7 heteroatoms. The monoisotopic (exact) mass is 726 g/mol. The molecule has 2 fully saturated rings. The maximum atomic E-state index is 13.2. The van der Waals surface area contributed by atoms with Gasteiger partial charge < -0.3 is 14.5 Å². The second-order valence-corrected chi connectivity index (χ2v) is 16.3. The molecule has 0 spiro atoms. The van der Waals surface area contributed by atoms with Crippen LogP contribution in [0.3, 0.4) is 0 Å². The van der Waals surface area contributed by atoms with Gasteiger partial charge in [-0.15, -0.1) is 0 Å². The van der Waals surface area contributed by atoms with E-state index in [1.807, 2.05) is 48.5 Å². The third-order valence-electron chi connectivity index (χ3n) is 11.8. The molecule has 3 aromatic carbocycles. The highest BCUT2D eigenvalue weighted by Crippen LogP contribution is 2.40.